The summed E-state index contributed by atoms with van der Waals surface area (Å²) in [6.45, 7) is 8.00. The second-order valence-corrected chi connectivity index (χ2v) is 11.6. The first kappa shape index (κ1) is 31.6. The lowest BCUT2D eigenvalue weighted by Gasteiger charge is -2.23. The third kappa shape index (κ3) is 7.44. The van der Waals surface area contributed by atoms with E-state index in [4.69, 9.17) is 9.47 Å². The van der Waals surface area contributed by atoms with Gasteiger partial charge in [-0.05, 0) is 47.7 Å². The number of carbonyl (C=O) groups is 2. The summed E-state index contributed by atoms with van der Waals surface area (Å²) in [4.78, 5) is 33.7. The lowest BCUT2D eigenvalue weighted by molar-refractivity contribution is 0.209. The van der Waals surface area contributed by atoms with E-state index in [1.165, 1.54) is 7.11 Å². The molecule has 5 aromatic rings. The zero-order valence-corrected chi connectivity index (χ0v) is 26.2. The molecule has 4 aromatic carbocycles. The molecule has 0 saturated heterocycles. The van der Waals surface area contributed by atoms with E-state index >= 15 is 0 Å². The summed E-state index contributed by atoms with van der Waals surface area (Å²) in [5.41, 5.74) is 2.65. The molecule has 11 heteroatoms. The van der Waals surface area contributed by atoms with Crippen molar-refractivity contribution in [3.63, 3.8) is 0 Å². The number of benzene rings is 4. The van der Waals surface area contributed by atoms with Gasteiger partial charge in [-0.1, -0.05) is 75.4 Å². The molecule has 3 amide bonds. The zero-order chi connectivity index (χ0) is 32.8. The van der Waals surface area contributed by atoms with Gasteiger partial charge in [0.1, 0.15) is 5.75 Å². The number of ether oxygens (including phenoxy) is 2. The minimum Gasteiger partial charge on any atom is -0.492 e. The highest BCUT2D eigenvalue weighted by Crippen LogP contribution is 2.39. The van der Waals surface area contributed by atoms with Crippen molar-refractivity contribution in [2.45, 2.75) is 39.2 Å². The summed E-state index contributed by atoms with van der Waals surface area (Å²) in [6.07, 6.45) is 0.385. The van der Waals surface area contributed by atoms with Crippen LogP contribution in [0.4, 0.5) is 32.6 Å². The SMILES string of the molecule is COc1c(NC(=O)O)cc(C(C)(C)C)cc1NC(=O)Nc1ccc(Oc2ccnc(NC(C)c3ccccc3)n2)c2ccccc12. The molecule has 5 N–H and O–H groups in total. The van der Waals surface area contributed by atoms with Crippen LogP contribution in [0.25, 0.3) is 10.8 Å². The van der Waals surface area contributed by atoms with Crippen LogP contribution in [0.1, 0.15) is 44.9 Å². The van der Waals surface area contributed by atoms with Crippen molar-refractivity contribution >= 4 is 45.9 Å². The molecule has 0 aliphatic carbocycles. The number of hydrogen-bond acceptors (Lipinski definition) is 7. The van der Waals surface area contributed by atoms with E-state index < -0.39 is 12.1 Å². The van der Waals surface area contributed by atoms with E-state index in [-0.39, 0.29) is 22.9 Å². The Balaban J connectivity index is 1.37. The molecule has 0 aliphatic heterocycles. The molecule has 11 nitrogen and oxygen atoms in total. The van der Waals surface area contributed by atoms with Gasteiger partial charge in [-0.3, -0.25) is 5.32 Å². The lowest BCUT2D eigenvalue weighted by atomic mass is 9.86. The summed E-state index contributed by atoms with van der Waals surface area (Å²) >= 11 is 0. The number of nitrogens with zero attached hydrogens (tertiary/aromatic N) is 2. The van der Waals surface area contributed by atoms with Gasteiger partial charge >= 0.3 is 12.1 Å². The molecule has 0 aliphatic rings. The number of hydrogen-bond donors (Lipinski definition) is 5. The Morgan fingerprint density at radius 3 is 2.15 bits per heavy atom. The number of carbonyl (C=O) groups excluding carboxylic acids is 1. The van der Waals surface area contributed by atoms with Gasteiger partial charge in [-0.15, -0.1) is 0 Å². The van der Waals surface area contributed by atoms with Crippen LogP contribution in [0.5, 0.6) is 17.4 Å². The minimum absolute atomic E-state index is 0.00953. The molecule has 1 atom stereocenters. The van der Waals surface area contributed by atoms with E-state index in [9.17, 15) is 14.7 Å². The fraction of sp³-hybridized carbons (Fsp3) is 0.200. The van der Waals surface area contributed by atoms with Gasteiger partial charge in [0.15, 0.2) is 5.75 Å². The van der Waals surface area contributed by atoms with Crippen molar-refractivity contribution in [1.29, 1.82) is 0 Å². The first-order chi connectivity index (χ1) is 22.0. The Morgan fingerprint density at radius 2 is 1.48 bits per heavy atom. The standard InChI is InChI=1S/C35H36N6O5/c1-21(22-11-7-6-8-12-22)37-32-36-18-17-30(41-32)46-29-16-15-26(24-13-9-10-14-25(24)29)38-33(42)39-27-19-23(35(2,3)4)20-28(31(27)45-5)40-34(43)44/h6-21,40H,1-5H3,(H,43,44)(H,36,37,41)(H2,38,39,42). The minimum atomic E-state index is -1.25. The van der Waals surface area contributed by atoms with Crippen molar-refractivity contribution in [2.75, 3.05) is 28.4 Å². The van der Waals surface area contributed by atoms with Gasteiger partial charge in [-0.2, -0.15) is 4.98 Å². The van der Waals surface area contributed by atoms with E-state index in [2.05, 4.69) is 31.2 Å². The molecule has 46 heavy (non-hydrogen) atoms. The van der Waals surface area contributed by atoms with Crippen molar-refractivity contribution in [3.8, 4) is 17.4 Å². The highest BCUT2D eigenvalue weighted by molar-refractivity contribution is 6.08. The maximum absolute atomic E-state index is 13.3. The average molecular weight is 621 g/mol. The van der Waals surface area contributed by atoms with Gasteiger partial charge in [0, 0.05) is 23.0 Å². The fourth-order valence-electron chi connectivity index (χ4n) is 4.93. The summed E-state index contributed by atoms with van der Waals surface area (Å²) in [5, 5.41) is 22.3. The molecule has 0 bridgehead atoms. The largest absolute Gasteiger partial charge is 0.492 e. The second-order valence-electron chi connectivity index (χ2n) is 11.6. The normalized spacial score (nSPS) is 11.8. The molecule has 0 fully saturated rings. The van der Waals surface area contributed by atoms with Crippen LogP contribution in [0.15, 0.2) is 91.1 Å². The topological polar surface area (TPSA) is 147 Å². The van der Waals surface area contributed by atoms with E-state index in [1.54, 1.807) is 36.5 Å². The lowest BCUT2D eigenvalue weighted by Crippen LogP contribution is -2.22. The fourth-order valence-corrected chi connectivity index (χ4v) is 4.93. The van der Waals surface area contributed by atoms with Gasteiger partial charge in [0.05, 0.1) is 30.2 Å². The molecule has 0 spiro atoms. The molecule has 5 rings (SSSR count). The summed E-state index contributed by atoms with van der Waals surface area (Å²) < 4.78 is 11.7. The molecular formula is C35H36N6O5. The van der Waals surface area contributed by atoms with Gasteiger partial charge < -0.3 is 30.5 Å². The van der Waals surface area contributed by atoms with E-state index in [0.717, 1.165) is 21.9 Å². The number of amides is 3. The van der Waals surface area contributed by atoms with Crippen LogP contribution in [-0.4, -0.2) is 34.3 Å². The molecule has 1 heterocycles. The number of aromatic nitrogens is 2. The Hall–Kier alpha value is -5.84. The van der Waals surface area contributed by atoms with E-state index in [0.29, 0.717) is 29.0 Å². The maximum atomic E-state index is 13.3. The van der Waals surface area contributed by atoms with Crippen LogP contribution >= 0.6 is 0 Å². The van der Waals surface area contributed by atoms with Crippen molar-refractivity contribution in [2.24, 2.45) is 0 Å². The number of fused-ring (bicyclic) bond motifs is 1. The molecular weight excluding hydrogens is 584 g/mol. The van der Waals surface area contributed by atoms with Crippen molar-refractivity contribution in [3.05, 3.63) is 102 Å². The van der Waals surface area contributed by atoms with E-state index in [1.807, 2.05) is 82.3 Å². The van der Waals surface area contributed by atoms with Crippen LogP contribution in [0.2, 0.25) is 0 Å². The number of methoxy groups -OCH3 is 1. The van der Waals surface area contributed by atoms with Crippen LogP contribution in [0, 0.1) is 0 Å². The third-order valence-electron chi connectivity index (χ3n) is 7.27. The number of rotatable bonds is 9. The van der Waals surface area contributed by atoms with Crippen LogP contribution in [0.3, 0.4) is 0 Å². The molecule has 236 valence electrons. The summed E-state index contributed by atoms with van der Waals surface area (Å²) in [7, 11) is 1.41. The average Bonchev–Trinajstić information content (AvgIpc) is 3.02. The first-order valence-corrected chi connectivity index (χ1v) is 14.7. The Kier molecular flexibility index (Phi) is 9.22. The Bertz CT molecular complexity index is 1870. The number of nitrogens with one attached hydrogen (secondary N) is 4. The number of anilines is 4. The van der Waals surface area contributed by atoms with Crippen LogP contribution in [-0.2, 0) is 5.41 Å². The van der Waals surface area contributed by atoms with Crippen molar-refractivity contribution < 1.29 is 24.2 Å². The quantitative estimate of drug-likeness (QED) is 0.110. The highest BCUT2D eigenvalue weighted by atomic mass is 16.5. The molecule has 1 unspecified atom stereocenters. The first-order valence-electron chi connectivity index (χ1n) is 14.7. The third-order valence-corrected chi connectivity index (χ3v) is 7.27. The predicted octanol–water partition coefficient (Wildman–Crippen LogP) is 8.64. The Labute approximate surface area is 267 Å². The Morgan fingerprint density at radius 1 is 0.826 bits per heavy atom. The number of urea groups is 1. The van der Waals surface area contributed by atoms with Gasteiger partial charge in [0.25, 0.3) is 0 Å². The maximum Gasteiger partial charge on any atom is 0.409 e. The molecule has 1 aromatic heterocycles. The second kappa shape index (κ2) is 13.4. The highest BCUT2D eigenvalue weighted by Gasteiger charge is 2.22. The van der Waals surface area contributed by atoms with Gasteiger partial charge in [0.2, 0.25) is 11.8 Å². The molecule has 0 radical (unpaired) electrons. The number of carboxylic acid groups (broad SMARTS) is 1. The predicted molar refractivity (Wildman–Crippen MR) is 181 cm³/mol. The summed E-state index contributed by atoms with van der Waals surface area (Å²) in [6, 6.07) is 25.6. The smallest absolute Gasteiger partial charge is 0.409 e. The van der Waals surface area contributed by atoms with Gasteiger partial charge in [-0.25, -0.2) is 14.6 Å². The molecule has 0 saturated carbocycles. The zero-order valence-electron chi connectivity index (χ0n) is 26.2. The van der Waals surface area contributed by atoms with Crippen LogP contribution < -0.4 is 30.7 Å². The summed E-state index contributed by atoms with van der Waals surface area (Å²) in [5.74, 6) is 1.53. The monoisotopic (exact) mass is 620 g/mol. The van der Waals surface area contributed by atoms with Crippen molar-refractivity contribution in [1.82, 2.24) is 9.97 Å².